The molecule has 1 atom stereocenters. The van der Waals surface area contributed by atoms with E-state index in [2.05, 4.69) is 73.0 Å². The van der Waals surface area contributed by atoms with Gasteiger partial charge in [0.05, 0.1) is 17.9 Å². The molecule has 0 bridgehead atoms. The normalized spacial score (nSPS) is 21.0. The molecule has 1 unspecified atom stereocenters. The third kappa shape index (κ3) is 2.48. The highest BCUT2D eigenvalue weighted by molar-refractivity contribution is 5.86. The van der Waals surface area contributed by atoms with Crippen LogP contribution in [0.15, 0.2) is 41.4 Å². The van der Waals surface area contributed by atoms with Crippen molar-refractivity contribution in [3.8, 4) is 0 Å². The van der Waals surface area contributed by atoms with Gasteiger partial charge in [-0.05, 0) is 45.2 Å². The maximum Gasteiger partial charge on any atom is 0.0862 e. The summed E-state index contributed by atoms with van der Waals surface area (Å²) in [6, 6.07) is 9.27. The summed E-state index contributed by atoms with van der Waals surface area (Å²) in [6.45, 7) is 8.50. The van der Waals surface area contributed by atoms with E-state index in [0.717, 1.165) is 25.9 Å². The highest BCUT2D eigenvalue weighted by atomic mass is 15.2. The maximum atomic E-state index is 4.76. The van der Waals surface area contributed by atoms with Crippen molar-refractivity contribution in [2.24, 2.45) is 4.99 Å². The molecule has 0 N–H and O–H groups in total. The Hall–Kier alpha value is -2.03. The number of nitrogens with zero attached hydrogens (tertiary/aromatic N) is 3. The summed E-state index contributed by atoms with van der Waals surface area (Å²) in [5, 5.41) is 1.44. The molecule has 23 heavy (non-hydrogen) atoms. The van der Waals surface area contributed by atoms with Crippen LogP contribution in [0.1, 0.15) is 44.5 Å². The van der Waals surface area contributed by atoms with E-state index >= 15 is 0 Å². The summed E-state index contributed by atoms with van der Waals surface area (Å²) in [4.78, 5) is 7.20. The van der Waals surface area contributed by atoms with E-state index < -0.39 is 0 Å². The molecule has 3 nitrogen and oxygen atoms in total. The second kappa shape index (κ2) is 5.26. The van der Waals surface area contributed by atoms with Crippen LogP contribution in [0.25, 0.3) is 10.9 Å². The van der Waals surface area contributed by atoms with Crippen LogP contribution in [0, 0.1) is 0 Å². The number of allylic oxidation sites excluding steroid dienone is 1. The van der Waals surface area contributed by atoms with Gasteiger partial charge in [-0.3, -0.25) is 4.99 Å². The van der Waals surface area contributed by atoms with E-state index in [0.29, 0.717) is 6.04 Å². The molecule has 2 aromatic rings. The van der Waals surface area contributed by atoms with Crippen molar-refractivity contribution in [2.45, 2.75) is 51.7 Å². The second-order valence-corrected chi connectivity index (χ2v) is 7.62. The first-order valence-corrected chi connectivity index (χ1v) is 8.61. The average molecular weight is 307 g/mol. The van der Waals surface area contributed by atoms with Crippen molar-refractivity contribution < 1.29 is 0 Å². The van der Waals surface area contributed by atoms with Gasteiger partial charge >= 0.3 is 0 Å². The minimum absolute atomic E-state index is 0.0203. The van der Waals surface area contributed by atoms with Crippen molar-refractivity contribution in [3.63, 3.8) is 0 Å². The smallest absolute Gasteiger partial charge is 0.0862 e. The lowest BCUT2D eigenvalue weighted by atomic mass is 9.96. The number of para-hydroxylation sites is 1. The molecule has 2 aliphatic rings. The number of aliphatic imine (C=N–C) groups is 1. The Morgan fingerprint density at radius 2 is 2.00 bits per heavy atom. The van der Waals surface area contributed by atoms with Crippen molar-refractivity contribution in [2.75, 3.05) is 6.54 Å². The number of aromatic nitrogens is 1. The molecule has 0 saturated heterocycles. The molecule has 0 amide bonds. The van der Waals surface area contributed by atoms with Crippen molar-refractivity contribution in [1.82, 2.24) is 9.47 Å². The number of fused-ring (bicyclic) bond motifs is 3. The Morgan fingerprint density at radius 1 is 1.17 bits per heavy atom. The minimum atomic E-state index is -0.0203. The minimum Gasteiger partial charge on any atom is -0.354 e. The van der Waals surface area contributed by atoms with E-state index in [1.165, 1.54) is 16.6 Å². The van der Waals surface area contributed by atoms with Crippen LogP contribution in [-0.2, 0) is 13.0 Å². The SMILES string of the molecule is CC(C)(C)N=CN1CCc2c3n(c4ccccc24)CC=CCC31. The topological polar surface area (TPSA) is 20.5 Å². The highest BCUT2D eigenvalue weighted by Crippen LogP contribution is 2.39. The molecule has 3 heterocycles. The van der Waals surface area contributed by atoms with Crippen molar-refractivity contribution >= 4 is 17.2 Å². The van der Waals surface area contributed by atoms with Crippen molar-refractivity contribution in [1.29, 1.82) is 0 Å². The van der Waals surface area contributed by atoms with Crippen LogP contribution in [0.3, 0.4) is 0 Å². The predicted molar refractivity (Wildman–Crippen MR) is 97.1 cm³/mol. The maximum absolute atomic E-state index is 4.76. The van der Waals surface area contributed by atoms with Gasteiger partial charge in [0, 0.05) is 29.7 Å². The molecule has 1 aromatic heterocycles. The number of rotatable bonds is 1. The molecule has 0 aliphatic carbocycles. The first-order chi connectivity index (χ1) is 11.0. The lowest BCUT2D eigenvalue weighted by molar-refractivity contribution is 0.297. The third-order valence-corrected chi connectivity index (χ3v) is 4.86. The Morgan fingerprint density at radius 3 is 2.83 bits per heavy atom. The van der Waals surface area contributed by atoms with Crippen LogP contribution in [0.4, 0.5) is 0 Å². The Labute approximate surface area is 138 Å². The summed E-state index contributed by atoms with van der Waals surface area (Å²) in [6.07, 6.45) is 8.91. The summed E-state index contributed by atoms with van der Waals surface area (Å²) in [7, 11) is 0. The van der Waals surface area contributed by atoms with Crippen LogP contribution in [0.5, 0.6) is 0 Å². The van der Waals surface area contributed by atoms with E-state index in [4.69, 9.17) is 4.99 Å². The Balaban J connectivity index is 1.84. The Kier molecular flexibility index (Phi) is 3.33. The third-order valence-electron chi connectivity index (χ3n) is 4.86. The molecule has 2 aliphatic heterocycles. The van der Waals surface area contributed by atoms with Gasteiger partial charge in [0.15, 0.2) is 0 Å². The zero-order valence-electron chi connectivity index (χ0n) is 14.3. The fourth-order valence-electron chi connectivity index (χ4n) is 3.83. The predicted octanol–water partition coefficient (Wildman–Crippen LogP) is 4.33. The van der Waals surface area contributed by atoms with Crippen LogP contribution >= 0.6 is 0 Å². The average Bonchev–Trinajstić information content (AvgIpc) is 2.67. The molecular weight excluding hydrogens is 282 g/mol. The van der Waals surface area contributed by atoms with Crippen LogP contribution in [0.2, 0.25) is 0 Å². The molecule has 0 saturated carbocycles. The number of hydrogen-bond donors (Lipinski definition) is 0. The number of hydrogen-bond acceptors (Lipinski definition) is 1. The second-order valence-electron chi connectivity index (χ2n) is 7.62. The van der Waals surface area contributed by atoms with E-state index in [9.17, 15) is 0 Å². The quantitative estimate of drug-likeness (QED) is 0.436. The van der Waals surface area contributed by atoms with Gasteiger partial charge in [0.1, 0.15) is 0 Å². The van der Waals surface area contributed by atoms with E-state index in [-0.39, 0.29) is 5.54 Å². The molecule has 4 rings (SSSR count). The first-order valence-electron chi connectivity index (χ1n) is 8.61. The van der Waals surface area contributed by atoms with E-state index in [1.54, 1.807) is 5.56 Å². The molecule has 3 heteroatoms. The summed E-state index contributed by atoms with van der Waals surface area (Å²) >= 11 is 0. The van der Waals surface area contributed by atoms with Crippen LogP contribution in [-0.4, -0.2) is 27.9 Å². The Bertz CT molecular complexity index is 789. The van der Waals surface area contributed by atoms with Gasteiger partial charge in [-0.2, -0.15) is 0 Å². The molecule has 0 radical (unpaired) electrons. The lowest BCUT2D eigenvalue weighted by Crippen LogP contribution is -2.35. The van der Waals surface area contributed by atoms with Gasteiger partial charge in [-0.25, -0.2) is 0 Å². The van der Waals surface area contributed by atoms with Gasteiger partial charge in [0.2, 0.25) is 0 Å². The summed E-state index contributed by atoms with van der Waals surface area (Å²) in [5.74, 6) is 0. The van der Waals surface area contributed by atoms with Crippen LogP contribution < -0.4 is 0 Å². The molecule has 1 aromatic carbocycles. The fraction of sp³-hybridized carbons (Fsp3) is 0.450. The summed E-state index contributed by atoms with van der Waals surface area (Å²) < 4.78 is 2.51. The number of benzene rings is 1. The van der Waals surface area contributed by atoms with Gasteiger partial charge in [-0.15, -0.1) is 0 Å². The van der Waals surface area contributed by atoms with Gasteiger partial charge in [-0.1, -0.05) is 30.4 Å². The van der Waals surface area contributed by atoms with Gasteiger partial charge < -0.3 is 9.47 Å². The zero-order chi connectivity index (χ0) is 16.0. The van der Waals surface area contributed by atoms with Crippen molar-refractivity contribution in [3.05, 3.63) is 47.7 Å². The zero-order valence-corrected chi connectivity index (χ0v) is 14.3. The van der Waals surface area contributed by atoms with E-state index in [1.807, 2.05) is 0 Å². The van der Waals surface area contributed by atoms with Gasteiger partial charge in [0.25, 0.3) is 0 Å². The molecule has 0 fully saturated rings. The lowest BCUT2D eigenvalue weighted by Gasteiger charge is -2.35. The summed E-state index contributed by atoms with van der Waals surface area (Å²) in [5.41, 5.74) is 4.41. The molecule has 0 spiro atoms. The first kappa shape index (κ1) is 14.6. The standard InChI is InChI=1S/C20H25N3/c1-20(2,3)21-14-22-13-11-16-15-8-4-5-9-17(15)23-12-7-6-10-18(22)19(16)23/h4-9,14,18H,10-13H2,1-3H3. The monoisotopic (exact) mass is 307 g/mol. The molecular formula is C20H25N3. The molecule has 120 valence electrons. The largest absolute Gasteiger partial charge is 0.354 e. The highest BCUT2D eigenvalue weighted by Gasteiger charge is 2.31. The fourth-order valence-corrected chi connectivity index (χ4v) is 3.83.